The highest BCUT2D eigenvalue weighted by Gasteiger charge is 2.51. The summed E-state index contributed by atoms with van der Waals surface area (Å²) in [6.07, 6.45) is 3.56. The molecule has 0 radical (unpaired) electrons. The van der Waals surface area contributed by atoms with Gasteiger partial charge in [-0.05, 0) is 69.3 Å². The Labute approximate surface area is 192 Å². The van der Waals surface area contributed by atoms with Gasteiger partial charge in [0, 0.05) is 28.1 Å². The molecule has 7 heteroatoms. The number of halogens is 1. The Morgan fingerprint density at radius 3 is 2.35 bits per heavy atom. The molecule has 1 aliphatic heterocycles. The topological polar surface area (TPSA) is 59.2 Å². The van der Waals surface area contributed by atoms with Crippen molar-refractivity contribution in [1.29, 1.82) is 0 Å². The van der Waals surface area contributed by atoms with E-state index in [9.17, 15) is 0 Å². The molecule has 2 atom stereocenters. The molecular weight excluding hydrogens is 453 g/mol. The first kappa shape index (κ1) is 21.2. The second kappa shape index (κ2) is 7.73. The zero-order chi connectivity index (χ0) is 21.8. The fraction of sp³-hybridized carbons (Fsp3) is 0.458. The third kappa shape index (κ3) is 3.76. The van der Waals surface area contributed by atoms with Gasteiger partial charge in [0.05, 0.1) is 22.2 Å². The van der Waals surface area contributed by atoms with E-state index in [2.05, 4.69) is 95.6 Å². The molecule has 5 rings (SSSR count). The van der Waals surface area contributed by atoms with Crippen LogP contribution in [0.3, 0.4) is 0 Å². The molecule has 3 aromatic rings. The van der Waals surface area contributed by atoms with Crippen LogP contribution in [0.15, 0.2) is 42.5 Å². The second-order valence-electron chi connectivity index (χ2n) is 9.82. The van der Waals surface area contributed by atoms with E-state index in [-0.39, 0.29) is 18.3 Å². The third-order valence-electron chi connectivity index (χ3n) is 7.28. The van der Waals surface area contributed by atoms with Crippen LogP contribution in [0.5, 0.6) is 0 Å². The lowest BCUT2D eigenvalue weighted by Crippen LogP contribution is -2.41. The molecule has 1 saturated carbocycles. The highest BCUT2D eigenvalue weighted by molar-refractivity contribution is 9.08. The number of aromatic amines is 1. The fourth-order valence-electron chi connectivity index (χ4n) is 4.61. The Morgan fingerprint density at radius 2 is 1.68 bits per heavy atom. The Balaban J connectivity index is 1.38. The van der Waals surface area contributed by atoms with Crippen LogP contribution in [0.25, 0.3) is 22.2 Å². The van der Waals surface area contributed by atoms with Crippen molar-refractivity contribution in [1.82, 2.24) is 14.3 Å². The first-order valence-corrected chi connectivity index (χ1v) is 11.9. The van der Waals surface area contributed by atoms with Gasteiger partial charge >= 0.3 is 7.12 Å². The zero-order valence-corrected chi connectivity index (χ0v) is 20.1. The van der Waals surface area contributed by atoms with Gasteiger partial charge in [-0.15, -0.1) is 0 Å². The minimum atomic E-state index is -0.334. The van der Waals surface area contributed by atoms with Gasteiger partial charge in [-0.25, -0.2) is 4.98 Å². The summed E-state index contributed by atoms with van der Waals surface area (Å²) in [5.74, 6) is 1.51. The monoisotopic (exact) mass is 481 g/mol. The van der Waals surface area contributed by atoms with E-state index in [4.69, 9.17) is 14.3 Å². The number of hydrogen-bond acceptors (Lipinski definition) is 4. The van der Waals surface area contributed by atoms with E-state index < -0.39 is 0 Å². The minimum Gasteiger partial charge on any atom is -0.399 e. The first-order valence-electron chi connectivity index (χ1n) is 11.1. The Kier molecular flexibility index (Phi) is 5.28. The quantitative estimate of drug-likeness (QED) is 0.403. The van der Waals surface area contributed by atoms with Crippen molar-refractivity contribution in [3.05, 3.63) is 48.3 Å². The number of nitrogens with zero attached hydrogens (tertiary/aromatic N) is 1. The summed E-state index contributed by atoms with van der Waals surface area (Å²) < 4.78 is 15.6. The average molecular weight is 482 g/mol. The molecule has 0 spiro atoms. The molecule has 2 heterocycles. The van der Waals surface area contributed by atoms with Crippen LogP contribution in [0.1, 0.15) is 58.7 Å². The summed E-state index contributed by atoms with van der Waals surface area (Å²) in [5.41, 5.74) is 4.83. The van der Waals surface area contributed by atoms with Gasteiger partial charge in [0.15, 0.2) is 0 Å². The molecule has 2 fully saturated rings. The third-order valence-corrected chi connectivity index (χ3v) is 7.87. The van der Waals surface area contributed by atoms with Crippen molar-refractivity contribution in [2.75, 3.05) is 0 Å². The molecule has 2 N–H and O–H groups in total. The number of benzene rings is 2. The SMILES string of the molecule is CC1(C)OB(c2ccc(-c3ccc4nc([C@H]5CCC[C@H]5NBr)[nH]c4c3)cc2)OC1(C)C. The van der Waals surface area contributed by atoms with Crippen LogP contribution in [-0.2, 0) is 9.31 Å². The van der Waals surface area contributed by atoms with Gasteiger partial charge in [0.25, 0.3) is 0 Å². The lowest BCUT2D eigenvalue weighted by Gasteiger charge is -2.32. The van der Waals surface area contributed by atoms with Crippen molar-refractivity contribution >= 4 is 39.8 Å². The highest BCUT2D eigenvalue weighted by Crippen LogP contribution is 2.37. The summed E-state index contributed by atoms with van der Waals surface area (Å²) in [4.78, 5) is 8.45. The number of hydrogen-bond donors (Lipinski definition) is 2. The van der Waals surface area contributed by atoms with Crippen LogP contribution in [-0.4, -0.2) is 34.3 Å². The van der Waals surface area contributed by atoms with Gasteiger partial charge < -0.3 is 14.3 Å². The van der Waals surface area contributed by atoms with Gasteiger partial charge in [-0.1, -0.05) is 36.8 Å². The van der Waals surface area contributed by atoms with Crippen LogP contribution >= 0.6 is 16.1 Å². The van der Waals surface area contributed by atoms with Crippen LogP contribution in [0.2, 0.25) is 0 Å². The van der Waals surface area contributed by atoms with Crippen molar-refractivity contribution in [2.45, 2.75) is 70.1 Å². The predicted octanol–water partition coefficient (Wildman–Crippen LogP) is 5.06. The zero-order valence-electron chi connectivity index (χ0n) is 18.5. The molecule has 1 aromatic heterocycles. The molecule has 5 nitrogen and oxygen atoms in total. The molecule has 1 saturated heterocycles. The summed E-state index contributed by atoms with van der Waals surface area (Å²) in [7, 11) is -0.334. The summed E-state index contributed by atoms with van der Waals surface area (Å²) >= 11 is 3.43. The van der Waals surface area contributed by atoms with E-state index in [1.54, 1.807) is 0 Å². The van der Waals surface area contributed by atoms with E-state index in [0.29, 0.717) is 12.0 Å². The molecule has 0 unspecified atom stereocenters. The maximum atomic E-state index is 6.18. The summed E-state index contributed by atoms with van der Waals surface area (Å²) in [5, 5.41) is 0. The van der Waals surface area contributed by atoms with E-state index in [1.807, 2.05) is 0 Å². The standard InChI is InChI=1S/C24H29BBrN3O2/c1-23(2)24(3,4)31-25(30-23)17-11-8-15(9-12-17)16-10-13-20-21(14-16)28-22(27-20)18-6-5-7-19(18)29-26/h8-14,18-19,29H,5-7H2,1-4H3,(H,27,28)/t18-,19+/m0/s1. The molecule has 162 valence electrons. The maximum absolute atomic E-state index is 6.18. The van der Waals surface area contributed by atoms with Crippen molar-refractivity contribution in [2.24, 2.45) is 0 Å². The minimum absolute atomic E-state index is 0.331. The van der Waals surface area contributed by atoms with Crippen molar-refractivity contribution < 1.29 is 9.31 Å². The van der Waals surface area contributed by atoms with E-state index in [0.717, 1.165) is 28.7 Å². The van der Waals surface area contributed by atoms with Crippen molar-refractivity contribution in [3.8, 4) is 11.1 Å². The predicted molar refractivity (Wildman–Crippen MR) is 130 cm³/mol. The lowest BCUT2D eigenvalue weighted by molar-refractivity contribution is 0.00578. The summed E-state index contributed by atoms with van der Waals surface area (Å²) in [6, 6.07) is 15.4. The highest BCUT2D eigenvalue weighted by atomic mass is 79.9. The first-order chi connectivity index (χ1) is 14.8. The van der Waals surface area contributed by atoms with Gasteiger partial charge in [0.2, 0.25) is 0 Å². The molecular formula is C24H29BBrN3O2. The molecule has 0 amide bonds. The normalized spacial score (nSPS) is 24.9. The lowest BCUT2D eigenvalue weighted by atomic mass is 9.78. The van der Waals surface area contributed by atoms with Gasteiger partial charge in [-0.3, -0.25) is 4.34 Å². The van der Waals surface area contributed by atoms with Crippen molar-refractivity contribution in [3.63, 3.8) is 0 Å². The van der Waals surface area contributed by atoms with Crippen LogP contribution in [0.4, 0.5) is 0 Å². The number of imidazole rings is 1. The largest absolute Gasteiger partial charge is 0.494 e. The van der Waals surface area contributed by atoms with E-state index in [1.165, 1.54) is 24.0 Å². The molecule has 0 bridgehead atoms. The summed E-state index contributed by atoms with van der Waals surface area (Å²) in [6.45, 7) is 8.32. The maximum Gasteiger partial charge on any atom is 0.494 e. The number of rotatable bonds is 4. The number of H-pyrrole nitrogens is 1. The molecule has 31 heavy (non-hydrogen) atoms. The van der Waals surface area contributed by atoms with Gasteiger partial charge in [-0.2, -0.15) is 0 Å². The Bertz CT molecular complexity index is 1080. The smallest absolute Gasteiger partial charge is 0.399 e. The van der Waals surface area contributed by atoms with E-state index >= 15 is 0 Å². The van der Waals surface area contributed by atoms with Crippen LogP contribution in [0, 0.1) is 0 Å². The molecule has 2 aliphatic rings. The average Bonchev–Trinajstić information content (AvgIpc) is 3.43. The second-order valence-corrected chi connectivity index (χ2v) is 10.3. The van der Waals surface area contributed by atoms with Crippen LogP contribution < -0.4 is 9.81 Å². The number of fused-ring (bicyclic) bond motifs is 1. The Morgan fingerprint density at radius 1 is 1.00 bits per heavy atom. The van der Waals surface area contributed by atoms with Gasteiger partial charge in [0.1, 0.15) is 5.82 Å². The number of nitrogens with one attached hydrogen (secondary N) is 2. The molecule has 2 aromatic carbocycles. The molecule has 1 aliphatic carbocycles. The fourth-order valence-corrected chi connectivity index (χ4v) is 5.16. The number of aromatic nitrogens is 2. The Hall–Kier alpha value is -1.67.